The number of hydrogen-bond donors (Lipinski definition) is 1. The van der Waals surface area contributed by atoms with Crippen molar-refractivity contribution in [3.8, 4) is 0 Å². The molecule has 0 aliphatic carbocycles. The van der Waals surface area contributed by atoms with Gasteiger partial charge in [0.15, 0.2) is 0 Å². The van der Waals surface area contributed by atoms with Crippen LogP contribution < -0.4 is 5.32 Å². The van der Waals surface area contributed by atoms with Gasteiger partial charge in [-0.25, -0.2) is 4.79 Å². The molecule has 0 spiro atoms. The Kier molecular flexibility index (Phi) is 1.94. The van der Waals surface area contributed by atoms with E-state index in [0.717, 1.165) is 4.90 Å². The second kappa shape index (κ2) is 2.76. The zero-order valence-corrected chi connectivity index (χ0v) is 6.31. The van der Waals surface area contributed by atoms with Crippen molar-refractivity contribution in [2.75, 3.05) is 13.6 Å². The van der Waals surface area contributed by atoms with E-state index in [0.29, 0.717) is 0 Å². The minimum absolute atomic E-state index is 0.169. The van der Waals surface area contributed by atoms with E-state index in [4.69, 9.17) is 0 Å². The molecule has 66 valence electrons. The van der Waals surface area contributed by atoms with Crippen LogP contribution in [0.3, 0.4) is 0 Å². The van der Waals surface area contributed by atoms with Gasteiger partial charge < -0.3 is 4.90 Å². The quantitative estimate of drug-likeness (QED) is 0.398. The van der Waals surface area contributed by atoms with Crippen molar-refractivity contribution in [3.63, 3.8) is 0 Å². The number of rotatable bonds is 1. The molecule has 1 fully saturated rings. The molecule has 0 saturated carbocycles. The molecule has 1 N–H and O–H groups in total. The van der Waals surface area contributed by atoms with Crippen LogP contribution in [0.1, 0.15) is 0 Å². The molecule has 0 aromatic heterocycles. The van der Waals surface area contributed by atoms with E-state index in [9.17, 15) is 19.7 Å². The van der Waals surface area contributed by atoms with Gasteiger partial charge in [-0.2, -0.15) is 0 Å². The van der Waals surface area contributed by atoms with Crippen LogP contribution in [0.2, 0.25) is 0 Å². The fourth-order valence-corrected chi connectivity index (χ4v) is 0.872. The van der Waals surface area contributed by atoms with Gasteiger partial charge in [-0.1, -0.05) is 0 Å². The molecule has 7 heteroatoms. The van der Waals surface area contributed by atoms with Crippen molar-refractivity contribution in [2.24, 2.45) is 0 Å². The summed E-state index contributed by atoms with van der Waals surface area (Å²) in [6, 6.07) is -1.94. The minimum Gasteiger partial charge on any atom is -0.320 e. The average molecular weight is 173 g/mol. The highest BCUT2D eigenvalue weighted by Crippen LogP contribution is 2.01. The van der Waals surface area contributed by atoms with Crippen LogP contribution in [-0.4, -0.2) is 41.4 Å². The zero-order valence-electron chi connectivity index (χ0n) is 6.31. The number of urea groups is 1. The summed E-state index contributed by atoms with van der Waals surface area (Å²) in [7, 11) is 1.39. The molecule has 1 aliphatic heterocycles. The molecule has 3 amide bonds. The lowest BCUT2D eigenvalue weighted by Crippen LogP contribution is -2.58. The molecule has 0 aromatic carbocycles. The predicted molar refractivity (Wildman–Crippen MR) is 37.0 cm³/mol. The van der Waals surface area contributed by atoms with E-state index in [-0.39, 0.29) is 6.54 Å². The molecule has 1 rings (SSSR count). The van der Waals surface area contributed by atoms with Gasteiger partial charge in [0, 0.05) is 12.0 Å². The highest BCUT2D eigenvalue weighted by molar-refractivity contribution is 5.98. The molecular formula is C5H7N3O4. The maximum Gasteiger partial charge on any atom is 0.324 e. The number of amides is 3. The van der Waals surface area contributed by atoms with Gasteiger partial charge in [0.25, 0.3) is 0 Å². The van der Waals surface area contributed by atoms with Crippen molar-refractivity contribution in [3.05, 3.63) is 10.1 Å². The van der Waals surface area contributed by atoms with Crippen LogP contribution in [-0.2, 0) is 4.79 Å². The first kappa shape index (κ1) is 8.44. The Morgan fingerprint density at radius 3 is 2.75 bits per heavy atom. The van der Waals surface area contributed by atoms with Crippen LogP contribution in [0.15, 0.2) is 0 Å². The number of imide groups is 1. The number of nitrogens with zero attached hydrogens (tertiary/aromatic N) is 2. The molecule has 1 heterocycles. The molecule has 1 saturated heterocycles. The SMILES string of the molecule is CN1CC([N+](=O)[O-])C(=O)NC1=O. The number of carbonyl (C=O) groups is 2. The number of nitrogens with one attached hydrogen (secondary N) is 1. The summed E-state index contributed by atoms with van der Waals surface area (Å²) in [5.41, 5.74) is 0. The van der Waals surface area contributed by atoms with Gasteiger partial charge in [0.2, 0.25) is 0 Å². The van der Waals surface area contributed by atoms with Gasteiger partial charge in [0.05, 0.1) is 6.54 Å². The van der Waals surface area contributed by atoms with E-state index in [2.05, 4.69) is 0 Å². The number of hydrogen-bond acceptors (Lipinski definition) is 4. The maximum atomic E-state index is 10.8. The molecule has 12 heavy (non-hydrogen) atoms. The van der Waals surface area contributed by atoms with Crippen molar-refractivity contribution in [1.82, 2.24) is 10.2 Å². The van der Waals surface area contributed by atoms with E-state index >= 15 is 0 Å². The summed E-state index contributed by atoms with van der Waals surface area (Å²) in [4.78, 5) is 32.1. The molecule has 0 radical (unpaired) electrons. The van der Waals surface area contributed by atoms with E-state index in [1.807, 2.05) is 5.32 Å². The van der Waals surface area contributed by atoms with Crippen molar-refractivity contribution >= 4 is 11.9 Å². The van der Waals surface area contributed by atoms with Crippen LogP contribution in [0.25, 0.3) is 0 Å². The maximum absolute atomic E-state index is 10.8. The first-order valence-corrected chi connectivity index (χ1v) is 3.22. The first-order chi connectivity index (χ1) is 5.52. The Morgan fingerprint density at radius 1 is 1.67 bits per heavy atom. The monoisotopic (exact) mass is 173 g/mol. The smallest absolute Gasteiger partial charge is 0.320 e. The van der Waals surface area contributed by atoms with Crippen molar-refractivity contribution in [1.29, 1.82) is 0 Å². The van der Waals surface area contributed by atoms with Crippen LogP contribution in [0.5, 0.6) is 0 Å². The topological polar surface area (TPSA) is 92.5 Å². The zero-order chi connectivity index (χ0) is 9.30. The highest BCUT2D eigenvalue weighted by atomic mass is 16.6. The summed E-state index contributed by atoms with van der Waals surface area (Å²) < 4.78 is 0. The average Bonchev–Trinajstić information content (AvgIpc) is 1.96. The van der Waals surface area contributed by atoms with Crippen LogP contribution in [0, 0.1) is 10.1 Å². The third-order valence-electron chi connectivity index (χ3n) is 1.58. The summed E-state index contributed by atoms with van der Waals surface area (Å²) in [6.45, 7) is -0.169. The molecule has 0 bridgehead atoms. The Bertz CT molecular complexity index is 251. The number of likely N-dealkylation sites (N-methyl/N-ethyl adjacent to an activating group) is 1. The second-order valence-corrected chi connectivity index (χ2v) is 2.48. The Hall–Kier alpha value is -1.66. The van der Waals surface area contributed by atoms with Gasteiger partial charge in [-0.15, -0.1) is 0 Å². The molecule has 7 nitrogen and oxygen atoms in total. The predicted octanol–water partition coefficient (Wildman–Crippen LogP) is -1.19. The molecule has 0 aromatic rings. The van der Waals surface area contributed by atoms with Crippen LogP contribution in [0.4, 0.5) is 4.79 Å². The standard InChI is InChI=1S/C5H7N3O4/c1-7-2-3(8(11)12)4(9)6-5(7)10/h3H,2H2,1H3,(H,6,9,10). The second-order valence-electron chi connectivity index (χ2n) is 2.48. The third-order valence-corrected chi connectivity index (χ3v) is 1.58. The molecule has 1 aliphatic rings. The Morgan fingerprint density at radius 2 is 2.25 bits per heavy atom. The van der Waals surface area contributed by atoms with Gasteiger partial charge >= 0.3 is 18.0 Å². The largest absolute Gasteiger partial charge is 0.324 e. The van der Waals surface area contributed by atoms with E-state index in [1.54, 1.807) is 0 Å². The lowest BCUT2D eigenvalue weighted by atomic mass is 10.2. The minimum atomic E-state index is -1.34. The molecular weight excluding hydrogens is 166 g/mol. The van der Waals surface area contributed by atoms with Gasteiger partial charge in [-0.3, -0.25) is 20.2 Å². The van der Waals surface area contributed by atoms with Gasteiger partial charge in [-0.05, 0) is 0 Å². The third kappa shape index (κ3) is 1.34. The lowest BCUT2D eigenvalue weighted by Gasteiger charge is -2.23. The lowest BCUT2D eigenvalue weighted by molar-refractivity contribution is -0.508. The normalized spacial score (nSPS) is 23.8. The van der Waals surface area contributed by atoms with E-state index < -0.39 is 22.9 Å². The Labute approximate surface area is 67.5 Å². The number of carbonyl (C=O) groups excluding carboxylic acids is 2. The van der Waals surface area contributed by atoms with Crippen molar-refractivity contribution < 1.29 is 14.5 Å². The highest BCUT2D eigenvalue weighted by Gasteiger charge is 2.38. The fraction of sp³-hybridized carbons (Fsp3) is 0.600. The molecule has 1 atom stereocenters. The van der Waals surface area contributed by atoms with Crippen LogP contribution >= 0.6 is 0 Å². The summed E-state index contributed by atoms with van der Waals surface area (Å²) in [5, 5.41) is 12.1. The fourth-order valence-electron chi connectivity index (χ4n) is 0.872. The van der Waals surface area contributed by atoms with E-state index in [1.165, 1.54) is 7.05 Å². The van der Waals surface area contributed by atoms with Crippen molar-refractivity contribution in [2.45, 2.75) is 6.04 Å². The molecule has 1 unspecified atom stereocenters. The summed E-state index contributed by atoms with van der Waals surface area (Å²) in [6.07, 6.45) is 0. The summed E-state index contributed by atoms with van der Waals surface area (Å²) >= 11 is 0. The Balaban J connectivity index is 2.74. The summed E-state index contributed by atoms with van der Waals surface area (Å²) in [5.74, 6) is -0.844. The van der Waals surface area contributed by atoms with Gasteiger partial charge in [0.1, 0.15) is 0 Å². The first-order valence-electron chi connectivity index (χ1n) is 3.22. The number of nitro groups is 1.